The van der Waals surface area contributed by atoms with Crippen molar-refractivity contribution in [3.8, 4) is 0 Å². The Hall–Kier alpha value is -1.80. The Labute approximate surface area is 112 Å². The highest BCUT2D eigenvalue weighted by atomic mass is 35.5. The lowest BCUT2D eigenvalue weighted by Crippen LogP contribution is -2.11. The molecule has 1 N–H and O–H groups in total. The molecule has 92 valence electrons. The van der Waals surface area contributed by atoms with E-state index in [4.69, 9.17) is 11.6 Å². The lowest BCUT2D eigenvalue weighted by atomic mass is 10.1. The summed E-state index contributed by atoms with van der Waals surface area (Å²) >= 11 is 5.71. The minimum absolute atomic E-state index is 0.110. The maximum absolute atomic E-state index is 12.0. The lowest BCUT2D eigenvalue weighted by molar-refractivity contribution is 0.102. The molecular formula is C15H14ClNO. The monoisotopic (exact) mass is 259 g/mol. The van der Waals surface area contributed by atoms with Gasteiger partial charge in [0.25, 0.3) is 5.91 Å². The van der Waals surface area contributed by atoms with Crippen LogP contribution < -0.4 is 5.32 Å². The van der Waals surface area contributed by atoms with Crippen LogP contribution in [0, 0.1) is 6.92 Å². The molecule has 0 aliphatic carbocycles. The highest BCUT2D eigenvalue weighted by molar-refractivity contribution is 6.17. The number of hydrogen-bond donors (Lipinski definition) is 1. The zero-order valence-electron chi connectivity index (χ0n) is 10.1. The number of benzene rings is 2. The molecule has 0 radical (unpaired) electrons. The second-order valence-corrected chi connectivity index (χ2v) is 4.42. The summed E-state index contributed by atoms with van der Waals surface area (Å²) in [6.07, 6.45) is 0. The van der Waals surface area contributed by atoms with Crippen LogP contribution in [0.4, 0.5) is 5.69 Å². The van der Waals surface area contributed by atoms with Gasteiger partial charge in [0.2, 0.25) is 0 Å². The molecule has 2 aromatic carbocycles. The molecule has 0 aliphatic rings. The third-order valence-corrected chi connectivity index (χ3v) is 2.95. The highest BCUT2D eigenvalue weighted by Crippen LogP contribution is 2.12. The first-order valence-corrected chi connectivity index (χ1v) is 6.25. The van der Waals surface area contributed by atoms with Crippen molar-refractivity contribution in [2.75, 3.05) is 5.32 Å². The Kier molecular flexibility index (Phi) is 4.00. The Morgan fingerprint density at radius 3 is 2.50 bits per heavy atom. The smallest absolute Gasteiger partial charge is 0.255 e. The van der Waals surface area contributed by atoms with Gasteiger partial charge in [-0.15, -0.1) is 11.6 Å². The first-order valence-electron chi connectivity index (χ1n) is 5.72. The van der Waals surface area contributed by atoms with Crippen LogP contribution in [-0.2, 0) is 5.88 Å². The molecule has 18 heavy (non-hydrogen) atoms. The van der Waals surface area contributed by atoms with Crippen LogP contribution in [-0.4, -0.2) is 5.91 Å². The van der Waals surface area contributed by atoms with Crippen molar-refractivity contribution in [3.05, 3.63) is 65.2 Å². The molecule has 0 bridgehead atoms. The van der Waals surface area contributed by atoms with Gasteiger partial charge < -0.3 is 5.32 Å². The molecule has 1 amide bonds. The molecule has 2 rings (SSSR count). The van der Waals surface area contributed by atoms with Gasteiger partial charge in [-0.1, -0.05) is 24.3 Å². The standard InChI is InChI=1S/C15H14ClNO/c1-11-3-2-4-14(9-11)17-15(18)13-7-5-12(10-16)6-8-13/h2-9H,10H2,1H3,(H,17,18). The second-order valence-electron chi connectivity index (χ2n) is 4.15. The van der Waals surface area contributed by atoms with Gasteiger partial charge in [0.1, 0.15) is 0 Å². The fourth-order valence-corrected chi connectivity index (χ4v) is 1.85. The number of halogens is 1. The van der Waals surface area contributed by atoms with Crippen LogP contribution in [0.5, 0.6) is 0 Å². The van der Waals surface area contributed by atoms with E-state index in [1.807, 2.05) is 43.3 Å². The molecule has 0 aromatic heterocycles. The van der Waals surface area contributed by atoms with Crippen LogP contribution in [0.25, 0.3) is 0 Å². The number of alkyl halides is 1. The molecule has 0 atom stereocenters. The van der Waals surface area contributed by atoms with Gasteiger partial charge in [0.15, 0.2) is 0 Å². The molecule has 0 heterocycles. The average Bonchev–Trinajstić information content (AvgIpc) is 2.39. The van der Waals surface area contributed by atoms with Gasteiger partial charge in [-0.3, -0.25) is 4.79 Å². The maximum atomic E-state index is 12.0. The third kappa shape index (κ3) is 3.11. The predicted molar refractivity (Wildman–Crippen MR) is 75.1 cm³/mol. The van der Waals surface area contributed by atoms with Gasteiger partial charge in [-0.25, -0.2) is 0 Å². The number of rotatable bonds is 3. The van der Waals surface area contributed by atoms with Gasteiger partial charge in [0.05, 0.1) is 0 Å². The van der Waals surface area contributed by atoms with Crippen molar-refractivity contribution in [2.45, 2.75) is 12.8 Å². The molecule has 0 aliphatic heterocycles. The van der Waals surface area contributed by atoms with Crippen LogP contribution in [0.3, 0.4) is 0 Å². The van der Waals surface area contributed by atoms with Crippen LogP contribution >= 0.6 is 11.6 Å². The summed E-state index contributed by atoms with van der Waals surface area (Å²) < 4.78 is 0. The van der Waals surface area contributed by atoms with E-state index < -0.39 is 0 Å². The van der Waals surface area contributed by atoms with Crippen molar-refractivity contribution < 1.29 is 4.79 Å². The first kappa shape index (κ1) is 12.7. The summed E-state index contributed by atoms with van der Waals surface area (Å²) in [6, 6.07) is 15.0. The number of carbonyl (C=O) groups is 1. The first-order chi connectivity index (χ1) is 8.69. The molecule has 2 nitrogen and oxygen atoms in total. The van der Waals surface area contributed by atoms with E-state index >= 15 is 0 Å². The maximum Gasteiger partial charge on any atom is 0.255 e. The van der Waals surface area contributed by atoms with Gasteiger partial charge in [0, 0.05) is 17.1 Å². The molecule has 0 saturated carbocycles. The zero-order valence-corrected chi connectivity index (χ0v) is 10.9. The quantitative estimate of drug-likeness (QED) is 0.830. The largest absolute Gasteiger partial charge is 0.322 e. The average molecular weight is 260 g/mol. The number of aryl methyl sites for hydroxylation is 1. The number of carbonyl (C=O) groups excluding carboxylic acids is 1. The lowest BCUT2D eigenvalue weighted by Gasteiger charge is -2.06. The fraction of sp³-hybridized carbons (Fsp3) is 0.133. The number of nitrogens with one attached hydrogen (secondary N) is 1. The fourth-order valence-electron chi connectivity index (χ4n) is 1.67. The predicted octanol–water partition coefficient (Wildman–Crippen LogP) is 3.99. The van der Waals surface area contributed by atoms with Crippen LogP contribution in [0.2, 0.25) is 0 Å². The Balaban J connectivity index is 2.11. The second kappa shape index (κ2) is 5.69. The molecule has 0 saturated heterocycles. The Bertz CT molecular complexity index is 549. The molecule has 2 aromatic rings. The van der Waals surface area contributed by atoms with Crippen molar-refractivity contribution in [3.63, 3.8) is 0 Å². The van der Waals surface area contributed by atoms with E-state index in [1.165, 1.54) is 0 Å². The highest BCUT2D eigenvalue weighted by Gasteiger charge is 2.05. The zero-order chi connectivity index (χ0) is 13.0. The molecule has 3 heteroatoms. The number of anilines is 1. The van der Waals surface area contributed by atoms with Gasteiger partial charge >= 0.3 is 0 Å². The van der Waals surface area contributed by atoms with Crippen molar-refractivity contribution in [2.24, 2.45) is 0 Å². The minimum Gasteiger partial charge on any atom is -0.322 e. The molecule has 0 fully saturated rings. The van der Waals surface area contributed by atoms with Gasteiger partial charge in [-0.2, -0.15) is 0 Å². The minimum atomic E-state index is -0.110. The number of hydrogen-bond acceptors (Lipinski definition) is 1. The SMILES string of the molecule is Cc1cccc(NC(=O)c2ccc(CCl)cc2)c1. The molecular weight excluding hydrogens is 246 g/mol. The third-order valence-electron chi connectivity index (χ3n) is 2.65. The van der Waals surface area contributed by atoms with E-state index in [2.05, 4.69) is 5.32 Å². The summed E-state index contributed by atoms with van der Waals surface area (Å²) in [5.74, 6) is 0.349. The van der Waals surface area contributed by atoms with Crippen molar-refractivity contribution >= 4 is 23.2 Å². The van der Waals surface area contributed by atoms with E-state index in [1.54, 1.807) is 12.1 Å². The summed E-state index contributed by atoms with van der Waals surface area (Å²) in [6.45, 7) is 1.99. The Morgan fingerprint density at radius 1 is 1.17 bits per heavy atom. The van der Waals surface area contributed by atoms with E-state index in [0.717, 1.165) is 16.8 Å². The van der Waals surface area contributed by atoms with Crippen molar-refractivity contribution in [1.29, 1.82) is 0 Å². The summed E-state index contributed by atoms with van der Waals surface area (Å²) in [7, 11) is 0. The molecule has 0 unspecified atom stereocenters. The van der Waals surface area contributed by atoms with E-state index in [0.29, 0.717) is 11.4 Å². The van der Waals surface area contributed by atoms with E-state index in [-0.39, 0.29) is 5.91 Å². The van der Waals surface area contributed by atoms with E-state index in [9.17, 15) is 4.79 Å². The number of amides is 1. The molecule has 0 spiro atoms. The van der Waals surface area contributed by atoms with Gasteiger partial charge in [-0.05, 0) is 42.3 Å². The summed E-state index contributed by atoms with van der Waals surface area (Å²) in [5, 5.41) is 2.86. The normalized spacial score (nSPS) is 10.1. The van der Waals surface area contributed by atoms with Crippen LogP contribution in [0.15, 0.2) is 48.5 Å². The van der Waals surface area contributed by atoms with Crippen LogP contribution in [0.1, 0.15) is 21.5 Å². The topological polar surface area (TPSA) is 29.1 Å². The summed E-state index contributed by atoms with van der Waals surface area (Å²) in [4.78, 5) is 12.0. The Morgan fingerprint density at radius 2 is 1.89 bits per heavy atom. The van der Waals surface area contributed by atoms with Crippen molar-refractivity contribution in [1.82, 2.24) is 0 Å². The summed E-state index contributed by atoms with van der Waals surface area (Å²) in [5.41, 5.74) is 3.56.